The Labute approximate surface area is 95.5 Å². The Morgan fingerprint density at radius 3 is 2.56 bits per heavy atom. The molecule has 0 bridgehead atoms. The van der Waals surface area contributed by atoms with Gasteiger partial charge in [-0.1, -0.05) is 26.8 Å². The molecule has 0 saturated carbocycles. The minimum atomic E-state index is -0.0305. The first-order valence-electron chi connectivity index (χ1n) is 5.32. The van der Waals surface area contributed by atoms with Crippen molar-refractivity contribution in [1.82, 2.24) is 9.97 Å². The maximum Gasteiger partial charge on any atom is 0.134 e. The highest BCUT2D eigenvalue weighted by atomic mass is 16.5. The monoisotopic (exact) mass is 216 g/mol. The quantitative estimate of drug-likeness (QED) is 0.735. The van der Waals surface area contributed by atoms with E-state index in [-0.39, 0.29) is 5.41 Å². The minimum Gasteiger partial charge on any atom is -0.496 e. The highest BCUT2D eigenvalue weighted by Crippen LogP contribution is 2.25. The third-order valence-corrected chi connectivity index (χ3v) is 2.48. The van der Waals surface area contributed by atoms with Gasteiger partial charge in [-0.2, -0.15) is 0 Å². The summed E-state index contributed by atoms with van der Waals surface area (Å²) in [5.41, 5.74) is 0.899. The van der Waals surface area contributed by atoms with E-state index in [1.54, 1.807) is 7.11 Å². The third-order valence-electron chi connectivity index (χ3n) is 2.48. The van der Waals surface area contributed by atoms with E-state index in [4.69, 9.17) is 4.74 Å². The number of methoxy groups -OCH3 is 1. The number of benzene rings is 1. The molecule has 0 N–H and O–H groups in total. The zero-order chi connectivity index (χ0) is 11.8. The van der Waals surface area contributed by atoms with Crippen LogP contribution in [0.25, 0.3) is 10.9 Å². The van der Waals surface area contributed by atoms with Gasteiger partial charge in [0.15, 0.2) is 0 Å². The van der Waals surface area contributed by atoms with Crippen molar-refractivity contribution in [2.75, 3.05) is 7.11 Å². The molecule has 0 saturated heterocycles. The van der Waals surface area contributed by atoms with Gasteiger partial charge in [0.2, 0.25) is 0 Å². The molecule has 0 spiro atoms. The molecule has 0 radical (unpaired) electrons. The molecule has 0 fully saturated rings. The van der Waals surface area contributed by atoms with Crippen LogP contribution in [0.5, 0.6) is 5.75 Å². The van der Waals surface area contributed by atoms with Crippen molar-refractivity contribution in [1.29, 1.82) is 0 Å². The second-order valence-corrected chi connectivity index (χ2v) is 4.84. The van der Waals surface area contributed by atoms with E-state index in [0.717, 1.165) is 22.5 Å². The first kappa shape index (κ1) is 10.9. The number of nitrogens with zero attached hydrogens (tertiary/aromatic N) is 2. The van der Waals surface area contributed by atoms with Gasteiger partial charge in [0.25, 0.3) is 0 Å². The maximum absolute atomic E-state index is 5.27. The van der Waals surface area contributed by atoms with Crippen molar-refractivity contribution >= 4 is 10.9 Å². The van der Waals surface area contributed by atoms with Crippen LogP contribution in [0.1, 0.15) is 26.6 Å². The predicted octanol–water partition coefficient (Wildman–Crippen LogP) is 2.94. The van der Waals surface area contributed by atoms with E-state index >= 15 is 0 Å². The van der Waals surface area contributed by atoms with Crippen LogP contribution >= 0.6 is 0 Å². The fraction of sp³-hybridized carbons (Fsp3) is 0.385. The van der Waals surface area contributed by atoms with E-state index in [2.05, 4.69) is 30.7 Å². The lowest BCUT2D eigenvalue weighted by atomic mass is 9.95. The smallest absolute Gasteiger partial charge is 0.134 e. The van der Waals surface area contributed by atoms with E-state index in [9.17, 15) is 0 Å². The lowest BCUT2D eigenvalue weighted by Gasteiger charge is -2.16. The summed E-state index contributed by atoms with van der Waals surface area (Å²) < 4.78 is 5.27. The Bertz CT molecular complexity index is 515. The summed E-state index contributed by atoms with van der Waals surface area (Å²) in [4.78, 5) is 8.96. The van der Waals surface area contributed by atoms with Gasteiger partial charge >= 0.3 is 0 Å². The lowest BCUT2D eigenvalue weighted by Crippen LogP contribution is -2.15. The molecule has 84 valence electrons. The summed E-state index contributed by atoms with van der Waals surface area (Å²) >= 11 is 0. The van der Waals surface area contributed by atoms with Gasteiger partial charge in [0.1, 0.15) is 11.6 Å². The van der Waals surface area contributed by atoms with Gasteiger partial charge in [0.05, 0.1) is 18.0 Å². The Morgan fingerprint density at radius 2 is 1.94 bits per heavy atom. The Hall–Kier alpha value is -1.64. The van der Waals surface area contributed by atoms with Crippen LogP contribution in [0.15, 0.2) is 24.4 Å². The van der Waals surface area contributed by atoms with Crippen LogP contribution in [-0.2, 0) is 5.41 Å². The van der Waals surface area contributed by atoms with Gasteiger partial charge in [-0.3, -0.25) is 0 Å². The van der Waals surface area contributed by atoms with Gasteiger partial charge < -0.3 is 4.74 Å². The van der Waals surface area contributed by atoms with Crippen molar-refractivity contribution in [3.63, 3.8) is 0 Å². The molecule has 1 aromatic heterocycles. The fourth-order valence-electron chi connectivity index (χ4n) is 1.57. The largest absolute Gasteiger partial charge is 0.496 e. The van der Waals surface area contributed by atoms with Gasteiger partial charge in [-0.05, 0) is 12.1 Å². The second-order valence-electron chi connectivity index (χ2n) is 4.84. The number of hydrogen-bond donors (Lipinski definition) is 0. The predicted molar refractivity (Wildman–Crippen MR) is 64.8 cm³/mol. The van der Waals surface area contributed by atoms with Crippen molar-refractivity contribution in [2.45, 2.75) is 26.2 Å². The molecule has 1 aromatic carbocycles. The number of aromatic nitrogens is 2. The molecule has 0 aliphatic rings. The van der Waals surface area contributed by atoms with E-state index in [0.29, 0.717) is 0 Å². The molecule has 0 amide bonds. The number of ether oxygens (including phenoxy) is 1. The summed E-state index contributed by atoms with van der Waals surface area (Å²) in [5.74, 6) is 1.67. The van der Waals surface area contributed by atoms with Crippen molar-refractivity contribution in [2.24, 2.45) is 0 Å². The lowest BCUT2D eigenvalue weighted by molar-refractivity contribution is 0.419. The number of fused-ring (bicyclic) bond motifs is 1. The Kier molecular flexibility index (Phi) is 2.54. The fourth-order valence-corrected chi connectivity index (χ4v) is 1.57. The minimum absolute atomic E-state index is 0.0305. The Balaban J connectivity index is 2.64. The average molecular weight is 216 g/mol. The number of rotatable bonds is 1. The maximum atomic E-state index is 5.27. The SMILES string of the molecule is COc1cccc2nc(C(C)(C)C)ncc12. The summed E-state index contributed by atoms with van der Waals surface area (Å²) in [6.45, 7) is 6.32. The molecule has 16 heavy (non-hydrogen) atoms. The van der Waals surface area contributed by atoms with Crippen molar-refractivity contribution < 1.29 is 4.74 Å². The molecule has 1 heterocycles. The third kappa shape index (κ3) is 1.85. The van der Waals surface area contributed by atoms with Gasteiger partial charge in [-0.15, -0.1) is 0 Å². The standard InChI is InChI=1S/C13H16N2O/c1-13(2,3)12-14-8-9-10(15-12)6-5-7-11(9)16-4/h5-8H,1-4H3. The average Bonchev–Trinajstić information content (AvgIpc) is 2.26. The molecule has 0 aliphatic carbocycles. The van der Waals surface area contributed by atoms with Crippen LogP contribution in [-0.4, -0.2) is 17.1 Å². The van der Waals surface area contributed by atoms with E-state index in [1.807, 2.05) is 24.4 Å². The highest BCUT2D eigenvalue weighted by Gasteiger charge is 2.17. The topological polar surface area (TPSA) is 35.0 Å². The molecule has 3 nitrogen and oxygen atoms in total. The molecule has 3 heteroatoms. The van der Waals surface area contributed by atoms with Crippen LogP contribution in [0.4, 0.5) is 0 Å². The highest BCUT2D eigenvalue weighted by molar-refractivity contribution is 5.84. The summed E-state index contributed by atoms with van der Waals surface area (Å²) in [5, 5.41) is 0.956. The van der Waals surface area contributed by atoms with Crippen molar-refractivity contribution in [3.8, 4) is 5.75 Å². The normalized spacial score (nSPS) is 11.8. The van der Waals surface area contributed by atoms with E-state index in [1.165, 1.54) is 0 Å². The molecule has 2 rings (SSSR count). The zero-order valence-corrected chi connectivity index (χ0v) is 10.1. The molecule has 2 aromatic rings. The molecule has 0 aliphatic heterocycles. The molecule has 0 unspecified atom stereocenters. The first-order chi connectivity index (χ1) is 7.52. The Morgan fingerprint density at radius 1 is 1.19 bits per heavy atom. The van der Waals surface area contributed by atoms with Crippen LogP contribution in [0.3, 0.4) is 0 Å². The van der Waals surface area contributed by atoms with Crippen molar-refractivity contribution in [3.05, 3.63) is 30.2 Å². The summed E-state index contributed by atoms with van der Waals surface area (Å²) in [6, 6.07) is 5.85. The summed E-state index contributed by atoms with van der Waals surface area (Å²) in [6.07, 6.45) is 1.84. The van der Waals surface area contributed by atoms with Gasteiger partial charge in [-0.25, -0.2) is 9.97 Å². The second kappa shape index (κ2) is 3.74. The van der Waals surface area contributed by atoms with Crippen LogP contribution in [0, 0.1) is 0 Å². The van der Waals surface area contributed by atoms with Crippen LogP contribution < -0.4 is 4.74 Å². The molecule has 0 atom stereocenters. The number of hydrogen-bond acceptors (Lipinski definition) is 3. The van der Waals surface area contributed by atoms with Gasteiger partial charge in [0, 0.05) is 11.6 Å². The summed E-state index contributed by atoms with van der Waals surface area (Å²) in [7, 11) is 1.66. The van der Waals surface area contributed by atoms with Crippen LogP contribution in [0.2, 0.25) is 0 Å². The zero-order valence-electron chi connectivity index (χ0n) is 10.1. The molecular weight excluding hydrogens is 200 g/mol. The molecular formula is C13H16N2O. The van der Waals surface area contributed by atoms with E-state index < -0.39 is 0 Å². The first-order valence-corrected chi connectivity index (χ1v) is 5.32.